The minimum Gasteiger partial charge on any atom is -0.324 e. The van der Waals surface area contributed by atoms with Crippen molar-refractivity contribution in [3.63, 3.8) is 0 Å². The van der Waals surface area contributed by atoms with Gasteiger partial charge in [0.05, 0.1) is 11.6 Å². The molecule has 0 bridgehead atoms. The van der Waals surface area contributed by atoms with Crippen molar-refractivity contribution in [2.24, 2.45) is 0 Å². The zero-order chi connectivity index (χ0) is 19.4. The highest BCUT2D eigenvalue weighted by molar-refractivity contribution is 6.03. The number of nitrogens with zero attached hydrogens (tertiary/aromatic N) is 3. The number of benzene rings is 2. The maximum atomic E-state index is 12.7. The normalized spacial score (nSPS) is 10.1. The first kappa shape index (κ1) is 18.1. The maximum Gasteiger partial charge on any atom is 0.274 e. The van der Waals surface area contributed by atoms with Crippen LogP contribution in [0.5, 0.6) is 0 Å². The second-order valence-electron chi connectivity index (χ2n) is 6.30. The zero-order valence-corrected chi connectivity index (χ0v) is 15.4. The van der Waals surface area contributed by atoms with Crippen LogP contribution in [0.25, 0.3) is 0 Å². The molecule has 6 heteroatoms. The third-order valence-corrected chi connectivity index (χ3v) is 4.00. The minimum absolute atomic E-state index is 0.277. The zero-order valence-electron chi connectivity index (χ0n) is 15.4. The van der Waals surface area contributed by atoms with Gasteiger partial charge in [-0.05, 0) is 68.3 Å². The van der Waals surface area contributed by atoms with E-state index in [1.54, 1.807) is 37.3 Å². The third kappa shape index (κ3) is 4.47. The minimum atomic E-state index is -0.294. The first-order valence-electron chi connectivity index (χ1n) is 8.46. The second-order valence-corrected chi connectivity index (χ2v) is 6.30. The van der Waals surface area contributed by atoms with Crippen LogP contribution in [0.1, 0.15) is 32.9 Å². The van der Waals surface area contributed by atoms with Crippen LogP contribution in [0.2, 0.25) is 0 Å². The molecule has 27 heavy (non-hydrogen) atoms. The fraction of sp³-hybridized carbons (Fsp3) is 0.143. The largest absolute Gasteiger partial charge is 0.324 e. The van der Waals surface area contributed by atoms with Crippen molar-refractivity contribution in [3.8, 4) is 6.07 Å². The third-order valence-electron chi connectivity index (χ3n) is 4.00. The van der Waals surface area contributed by atoms with Crippen molar-refractivity contribution >= 4 is 23.2 Å². The lowest BCUT2D eigenvalue weighted by atomic mass is 10.1. The number of aromatic nitrogens is 2. The van der Waals surface area contributed by atoms with E-state index >= 15 is 0 Å². The molecule has 3 rings (SSSR count). The van der Waals surface area contributed by atoms with Crippen LogP contribution >= 0.6 is 0 Å². The maximum absolute atomic E-state index is 12.7. The Bertz CT molecular complexity index is 1040. The summed E-state index contributed by atoms with van der Waals surface area (Å²) in [6.07, 6.45) is 0. The Morgan fingerprint density at radius 2 is 1.74 bits per heavy atom. The number of nitrogens with one attached hydrogen (secondary N) is 2. The van der Waals surface area contributed by atoms with Crippen molar-refractivity contribution in [2.75, 3.05) is 10.6 Å². The van der Waals surface area contributed by atoms with Crippen LogP contribution in [-0.4, -0.2) is 15.9 Å². The topological polar surface area (TPSA) is 90.7 Å². The number of nitriles is 1. The molecule has 0 unspecified atom stereocenters. The van der Waals surface area contributed by atoms with Gasteiger partial charge in [0, 0.05) is 17.1 Å². The van der Waals surface area contributed by atoms with Crippen molar-refractivity contribution in [1.82, 2.24) is 9.97 Å². The van der Waals surface area contributed by atoms with Crippen LogP contribution in [0.15, 0.2) is 48.5 Å². The molecule has 0 aliphatic carbocycles. The van der Waals surface area contributed by atoms with Gasteiger partial charge in [-0.15, -0.1) is 0 Å². The van der Waals surface area contributed by atoms with Crippen LogP contribution < -0.4 is 10.6 Å². The molecule has 134 valence electrons. The quantitative estimate of drug-likeness (QED) is 0.728. The predicted octanol–water partition coefficient (Wildman–Crippen LogP) is 4.27. The first-order chi connectivity index (χ1) is 12.9. The molecule has 6 nitrogen and oxygen atoms in total. The van der Waals surface area contributed by atoms with Crippen LogP contribution in [-0.2, 0) is 0 Å². The molecule has 0 aliphatic heterocycles. The standard InChI is InChI=1S/C21H19N5O/c1-13-4-5-14(2)18(10-13)25-20(27)19-11-15(3)23-21(26-19)24-17-8-6-16(12-22)7-9-17/h4-11H,1-3H3,(H,25,27)(H,23,24,26). The van der Waals surface area contributed by atoms with Gasteiger partial charge in [0.25, 0.3) is 5.91 Å². The number of anilines is 3. The average Bonchev–Trinajstić information content (AvgIpc) is 2.65. The Balaban J connectivity index is 1.82. The summed E-state index contributed by atoms with van der Waals surface area (Å²) in [5.74, 6) is 0.0305. The molecule has 2 aromatic carbocycles. The molecule has 1 heterocycles. The molecule has 0 saturated carbocycles. The number of aryl methyl sites for hydroxylation is 3. The van der Waals surface area contributed by atoms with E-state index in [0.29, 0.717) is 17.2 Å². The molecular weight excluding hydrogens is 338 g/mol. The van der Waals surface area contributed by atoms with E-state index < -0.39 is 0 Å². The molecule has 0 aliphatic rings. The van der Waals surface area contributed by atoms with E-state index in [-0.39, 0.29) is 11.6 Å². The summed E-state index contributed by atoms with van der Waals surface area (Å²) >= 11 is 0. The SMILES string of the molecule is Cc1ccc(C)c(NC(=O)c2cc(C)nc(Nc3ccc(C#N)cc3)n2)c1. The molecule has 1 aromatic heterocycles. The Morgan fingerprint density at radius 3 is 2.44 bits per heavy atom. The smallest absolute Gasteiger partial charge is 0.274 e. The van der Waals surface area contributed by atoms with Gasteiger partial charge >= 0.3 is 0 Å². The predicted molar refractivity (Wildman–Crippen MR) is 105 cm³/mol. The monoisotopic (exact) mass is 357 g/mol. The van der Waals surface area contributed by atoms with E-state index in [0.717, 1.165) is 22.5 Å². The summed E-state index contributed by atoms with van der Waals surface area (Å²) in [6.45, 7) is 5.72. The van der Waals surface area contributed by atoms with Crippen molar-refractivity contribution in [1.29, 1.82) is 5.26 Å². The summed E-state index contributed by atoms with van der Waals surface area (Å²) in [7, 11) is 0. The lowest BCUT2D eigenvalue weighted by Gasteiger charge is -2.11. The van der Waals surface area contributed by atoms with Crippen LogP contribution in [0, 0.1) is 32.1 Å². The number of hydrogen-bond acceptors (Lipinski definition) is 5. The summed E-state index contributed by atoms with van der Waals surface area (Å²) in [5.41, 5.74) is 5.07. The fourth-order valence-corrected chi connectivity index (χ4v) is 2.55. The number of carbonyl (C=O) groups is 1. The van der Waals surface area contributed by atoms with Gasteiger partial charge in [-0.25, -0.2) is 9.97 Å². The molecule has 0 radical (unpaired) electrons. The fourth-order valence-electron chi connectivity index (χ4n) is 2.55. The lowest BCUT2D eigenvalue weighted by Crippen LogP contribution is -2.16. The molecule has 0 atom stereocenters. The highest BCUT2D eigenvalue weighted by atomic mass is 16.1. The van der Waals surface area contributed by atoms with E-state index in [9.17, 15) is 4.79 Å². The van der Waals surface area contributed by atoms with Gasteiger partial charge in [-0.2, -0.15) is 5.26 Å². The molecule has 1 amide bonds. The molecular formula is C21H19N5O. The Labute approximate surface area is 157 Å². The van der Waals surface area contributed by atoms with Gasteiger partial charge in [-0.3, -0.25) is 4.79 Å². The number of hydrogen-bond donors (Lipinski definition) is 2. The van der Waals surface area contributed by atoms with Gasteiger partial charge in [0.1, 0.15) is 5.69 Å². The van der Waals surface area contributed by atoms with Crippen LogP contribution in [0.3, 0.4) is 0 Å². The second kappa shape index (κ2) is 7.67. The van der Waals surface area contributed by atoms with E-state index in [1.165, 1.54) is 0 Å². The summed E-state index contributed by atoms with van der Waals surface area (Å²) in [6, 6.07) is 16.5. The van der Waals surface area contributed by atoms with Crippen LogP contribution in [0.4, 0.5) is 17.3 Å². The number of carbonyl (C=O) groups excluding carboxylic acids is 1. The molecule has 0 spiro atoms. The number of rotatable bonds is 4. The Morgan fingerprint density at radius 1 is 1.00 bits per heavy atom. The van der Waals surface area contributed by atoms with Crippen molar-refractivity contribution < 1.29 is 4.79 Å². The van der Waals surface area contributed by atoms with Gasteiger partial charge in [-0.1, -0.05) is 12.1 Å². The van der Waals surface area contributed by atoms with E-state index in [2.05, 4.69) is 26.7 Å². The summed E-state index contributed by atoms with van der Waals surface area (Å²) in [4.78, 5) is 21.3. The van der Waals surface area contributed by atoms with Gasteiger partial charge in [0.2, 0.25) is 5.95 Å². The highest BCUT2D eigenvalue weighted by Crippen LogP contribution is 2.19. The molecule has 0 fully saturated rings. The summed E-state index contributed by atoms with van der Waals surface area (Å²) in [5, 5.41) is 14.8. The van der Waals surface area contributed by atoms with Gasteiger partial charge in [0.15, 0.2) is 0 Å². The Hall–Kier alpha value is -3.72. The van der Waals surface area contributed by atoms with E-state index in [4.69, 9.17) is 5.26 Å². The molecule has 3 aromatic rings. The number of amides is 1. The highest BCUT2D eigenvalue weighted by Gasteiger charge is 2.12. The average molecular weight is 357 g/mol. The van der Waals surface area contributed by atoms with Crippen molar-refractivity contribution in [3.05, 3.63) is 76.6 Å². The molecule has 0 saturated heterocycles. The molecule has 2 N–H and O–H groups in total. The Kier molecular flexibility index (Phi) is 5.13. The first-order valence-corrected chi connectivity index (χ1v) is 8.46. The lowest BCUT2D eigenvalue weighted by molar-refractivity contribution is 0.102. The van der Waals surface area contributed by atoms with Gasteiger partial charge < -0.3 is 10.6 Å². The summed E-state index contributed by atoms with van der Waals surface area (Å²) < 4.78 is 0. The van der Waals surface area contributed by atoms with Crippen molar-refractivity contribution in [2.45, 2.75) is 20.8 Å². The van der Waals surface area contributed by atoms with E-state index in [1.807, 2.05) is 32.0 Å².